The highest BCUT2D eigenvalue weighted by Crippen LogP contribution is 2.17. The van der Waals surface area contributed by atoms with E-state index in [1.165, 1.54) is 12.1 Å². The summed E-state index contributed by atoms with van der Waals surface area (Å²) in [5.74, 6) is -0.850. The Hall–Kier alpha value is -2.50. The van der Waals surface area contributed by atoms with Crippen LogP contribution >= 0.6 is 24.0 Å². The normalized spacial score (nSPS) is 14.1. The van der Waals surface area contributed by atoms with Gasteiger partial charge in [0.15, 0.2) is 5.96 Å². The van der Waals surface area contributed by atoms with Crippen molar-refractivity contribution in [3.63, 3.8) is 0 Å². The minimum atomic E-state index is -0.508. The highest BCUT2D eigenvalue weighted by atomic mass is 127. The van der Waals surface area contributed by atoms with Crippen molar-refractivity contribution in [3.05, 3.63) is 65.5 Å². The number of halogens is 4. The molecule has 1 aliphatic heterocycles. The summed E-state index contributed by atoms with van der Waals surface area (Å²) in [6.45, 7) is 3.01. The van der Waals surface area contributed by atoms with Crippen molar-refractivity contribution < 1.29 is 18.0 Å². The van der Waals surface area contributed by atoms with E-state index in [1.54, 1.807) is 24.1 Å². The van der Waals surface area contributed by atoms with Gasteiger partial charge in [-0.05, 0) is 42.5 Å². The Balaban J connectivity index is 0.00000363. The van der Waals surface area contributed by atoms with Gasteiger partial charge < -0.3 is 20.4 Å². The van der Waals surface area contributed by atoms with Crippen LogP contribution in [0.25, 0.3) is 0 Å². The molecule has 2 aromatic carbocycles. The first-order chi connectivity index (χ1) is 15.0. The van der Waals surface area contributed by atoms with Crippen molar-refractivity contribution in [1.82, 2.24) is 15.5 Å². The number of benzene rings is 2. The minimum Gasteiger partial charge on any atom is -0.368 e. The van der Waals surface area contributed by atoms with Gasteiger partial charge in [0.1, 0.15) is 17.5 Å². The number of carbonyl (C=O) groups is 1. The molecule has 1 amide bonds. The molecule has 10 heteroatoms. The Labute approximate surface area is 202 Å². The quantitative estimate of drug-likeness (QED) is 0.324. The summed E-state index contributed by atoms with van der Waals surface area (Å²) in [6.07, 6.45) is 0.283. The number of hydrogen-bond acceptors (Lipinski definition) is 3. The number of amides is 1. The topological polar surface area (TPSA) is 60.0 Å². The Morgan fingerprint density at radius 1 is 0.969 bits per heavy atom. The molecule has 0 unspecified atom stereocenters. The van der Waals surface area contributed by atoms with Gasteiger partial charge in [-0.3, -0.25) is 9.79 Å². The van der Waals surface area contributed by atoms with Gasteiger partial charge in [0.25, 0.3) is 0 Å². The maximum Gasteiger partial charge on any atom is 0.224 e. The maximum absolute atomic E-state index is 13.7. The van der Waals surface area contributed by atoms with Crippen LogP contribution in [0, 0.1) is 17.5 Å². The fourth-order valence-corrected chi connectivity index (χ4v) is 3.39. The molecule has 1 aliphatic rings. The summed E-state index contributed by atoms with van der Waals surface area (Å²) in [5, 5.41) is 5.92. The fraction of sp³-hybridized carbons (Fsp3) is 0.364. The average Bonchev–Trinajstić information content (AvgIpc) is 2.78. The zero-order valence-corrected chi connectivity index (χ0v) is 20.1. The number of guanidine groups is 1. The van der Waals surface area contributed by atoms with Crippen LogP contribution in [0.5, 0.6) is 0 Å². The number of piperazine rings is 1. The highest BCUT2D eigenvalue weighted by Gasteiger charge is 2.21. The molecule has 2 aromatic rings. The Morgan fingerprint density at radius 3 is 2.28 bits per heavy atom. The molecule has 0 bridgehead atoms. The van der Waals surface area contributed by atoms with Crippen molar-refractivity contribution in [1.29, 1.82) is 0 Å². The SMILES string of the molecule is CN=C(NCCC(=O)N1CCN(c2ccc(F)cc2)CC1)NCc1cc(F)ccc1F.I. The summed E-state index contributed by atoms with van der Waals surface area (Å²) >= 11 is 0. The predicted octanol–water partition coefficient (Wildman–Crippen LogP) is 3.13. The van der Waals surface area contributed by atoms with Gasteiger partial charge in [0, 0.05) is 64.0 Å². The van der Waals surface area contributed by atoms with Crippen LogP contribution in [0.15, 0.2) is 47.5 Å². The largest absolute Gasteiger partial charge is 0.368 e. The monoisotopic (exact) mass is 561 g/mol. The Kier molecular flexibility index (Phi) is 10.1. The number of anilines is 1. The zero-order valence-electron chi connectivity index (χ0n) is 17.8. The fourth-order valence-electron chi connectivity index (χ4n) is 3.39. The first-order valence-electron chi connectivity index (χ1n) is 10.1. The van der Waals surface area contributed by atoms with E-state index < -0.39 is 11.6 Å². The molecule has 0 radical (unpaired) electrons. The third-order valence-corrected chi connectivity index (χ3v) is 5.13. The van der Waals surface area contributed by atoms with Crippen LogP contribution < -0.4 is 15.5 Å². The summed E-state index contributed by atoms with van der Waals surface area (Å²) < 4.78 is 40.0. The summed E-state index contributed by atoms with van der Waals surface area (Å²) in [4.78, 5) is 20.4. The lowest BCUT2D eigenvalue weighted by atomic mass is 10.2. The lowest BCUT2D eigenvalue weighted by Gasteiger charge is -2.36. The molecule has 6 nitrogen and oxygen atoms in total. The number of nitrogens with one attached hydrogen (secondary N) is 2. The molecular formula is C22H27F3IN5O. The Morgan fingerprint density at radius 2 is 1.62 bits per heavy atom. The maximum atomic E-state index is 13.7. The molecule has 0 spiro atoms. The van der Waals surface area contributed by atoms with Crippen molar-refractivity contribution in [3.8, 4) is 0 Å². The smallest absolute Gasteiger partial charge is 0.224 e. The van der Waals surface area contributed by atoms with Gasteiger partial charge in [-0.1, -0.05) is 0 Å². The van der Waals surface area contributed by atoms with E-state index in [2.05, 4.69) is 20.5 Å². The first-order valence-corrected chi connectivity index (χ1v) is 10.1. The van der Waals surface area contributed by atoms with Crippen LogP contribution in [-0.2, 0) is 11.3 Å². The summed E-state index contributed by atoms with van der Waals surface area (Å²) in [7, 11) is 1.56. The van der Waals surface area contributed by atoms with Gasteiger partial charge in [-0.2, -0.15) is 0 Å². The standard InChI is InChI=1S/C22H26F3N5O.HI/c1-26-22(28-15-16-14-18(24)4-7-20(16)25)27-9-8-21(31)30-12-10-29(11-13-30)19-5-2-17(23)3-6-19;/h2-7,14H,8-13,15H2,1H3,(H2,26,27,28);1H. The van der Waals surface area contributed by atoms with Crippen LogP contribution in [0.4, 0.5) is 18.9 Å². The molecule has 3 rings (SSSR count). The van der Waals surface area contributed by atoms with Gasteiger partial charge in [0.2, 0.25) is 5.91 Å². The number of aliphatic imine (C=N–C) groups is 1. The first kappa shape index (κ1) is 25.8. The molecule has 1 heterocycles. The van der Waals surface area contributed by atoms with Crippen LogP contribution in [0.1, 0.15) is 12.0 Å². The van der Waals surface area contributed by atoms with Crippen molar-refractivity contribution >= 4 is 41.5 Å². The average molecular weight is 561 g/mol. The van der Waals surface area contributed by atoms with Gasteiger partial charge in [-0.25, -0.2) is 13.2 Å². The number of nitrogens with zero attached hydrogens (tertiary/aromatic N) is 3. The van der Waals surface area contributed by atoms with E-state index >= 15 is 0 Å². The predicted molar refractivity (Wildman–Crippen MR) is 130 cm³/mol. The van der Waals surface area contributed by atoms with Crippen LogP contribution in [0.3, 0.4) is 0 Å². The lowest BCUT2D eigenvalue weighted by molar-refractivity contribution is -0.131. The third kappa shape index (κ3) is 7.28. The van der Waals surface area contributed by atoms with E-state index in [4.69, 9.17) is 0 Å². The molecule has 2 N–H and O–H groups in total. The van der Waals surface area contributed by atoms with E-state index in [-0.39, 0.29) is 54.2 Å². The van der Waals surface area contributed by atoms with Gasteiger partial charge in [0.05, 0.1) is 0 Å². The number of rotatable bonds is 6. The van der Waals surface area contributed by atoms with Gasteiger partial charge >= 0.3 is 0 Å². The van der Waals surface area contributed by atoms with E-state index in [0.717, 1.165) is 23.9 Å². The molecule has 0 saturated carbocycles. The summed E-state index contributed by atoms with van der Waals surface area (Å²) in [5.41, 5.74) is 1.14. The number of carbonyl (C=O) groups excluding carboxylic acids is 1. The second kappa shape index (κ2) is 12.5. The molecule has 32 heavy (non-hydrogen) atoms. The lowest BCUT2D eigenvalue weighted by Crippen LogP contribution is -2.49. The van der Waals surface area contributed by atoms with Crippen molar-refractivity contribution in [2.24, 2.45) is 4.99 Å². The molecule has 1 saturated heterocycles. The molecule has 0 aliphatic carbocycles. The third-order valence-electron chi connectivity index (χ3n) is 5.13. The molecule has 1 fully saturated rings. The molecule has 174 valence electrons. The van der Waals surface area contributed by atoms with Crippen molar-refractivity contribution in [2.45, 2.75) is 13.0 Å². The van der Waals surface area contributed by atoms with E-state index in [0.29, 0.717) is 38.7 Å². The van der Waals surface area contributed by atoms with Crippen LogP contribution in [0.2, 0.25) is 0 Å². The van der Waals surface area contributed by atoms with Gasteiger partial charge in [-0.15, -0.1) is 24.0 Å². The molecular weight excluding hydrogens is 534 g/mol. The number of hydrogen-bond donors (Lipinski definition) is 2. The Bertz CT molecular complexity index is 918. The van der Waals surface area contributed by atoms with E-state index in [1.807, 2.05) is 0 Å². The summed E-state index contributed by atoms with van der Waals surface area (Å²) in [6, 6.07) is 9.62. The molecule has 0 atom stereocenters. The molecule has 0 aromatic heterocycles. The highest BCUT2D eigenvalue weighted by molar-refractivity contribution is 14.0. The minimum absolute atomic E-state index is 0. The van der Waals surface area contributed by atoms with E-state index in [9.17, 15) is 18.0 Å². The second-order valence-corrected chi connectivity index (χ2v) is 7.18. The zero-order chi connectivity index (χ0) is 22.2. The van der Waals surface area contributed by atoms with Crippen LogP contribution in [-0.4, -0.2) is 56.5 Å². The van der Waals surface area contributed by atoms with Crippen molar-refractivity contribution in [2.75, 3.05) is 44.7 Å². The second-order valence-electron chi connectivity index (χ2n) is 7.18.